The van der Waals surface area contributed by atoms with Gasteiger partial charge in [0.25, 0.3) is 0 Å². The lowest BCUT2D eigenvalue weighted by molar-refractivity contribution is -0.137. The number of nitrogens with zero attached hydrogens (tertiary/aromatic N) is 6. The van der Waals surface area contributed by atoms with E-state index in [9.17, 15) is 27.3 Å². The molecule has 3 aliphatic rings. The molecule has 3 N–H and O–H groups in total. The molecule has 0 saturated carbocycles. The third kappa shape index (κ3) is 10.6. The Morgan fingerprint density at radius 3 is 2.25 bits per heavy atom. The predicted octanol–water partition coefficient (Wildman–Crippen LogP) is 8.29. The van der Waals surface area contributed by atoms with E-state index < -0.39 is 54.1 Å². The molecule has 2 aromatic heterocycles. The molecule has 5 aromatic rings. The Morgan fingerprint density at radius 2 is 1.61 bits per heavy atom. The van der Waals surface area contributed by atoms with Gasteiger partial charge in [0.05, 0.1) is 29.9 Å². The van der Waals surface area contributed by atoms with Gasteiger partial charge in [-0.1, -0.05) is 13.0 Å². The number of methoxy groups -OCH3 is 1. The van der Waals surface area contributed by atoms with Crippen molar-refractivity contribution in [3.8, 4) is 5.75 Å². The first-order valence-electron chi connectivity index (χ1n) is 22.6. The van der Waals surface area contributed by atoms with Crippen molar-refractivity contribution >= 4 is 64.0 Å². The fourth-order valence-corrected chi connectivity index (χ4v) is 11.1. The number of nitrogens with one attached hydrogen (secondary N) is 3. The lowest BCUT2D eigenvalue weighted by atomic mass is 9.89. The van der Waals surface area contributed by atoms with Crippen molar-refractivity contribution < 1.29 is 40.8 Å². The topological polar surface area (TPSA) is 145 Å². The van der Waals surface area contributed by atoms with Crippen molar-refractivity contribution in [1.82, 2.24) is 30.1 Å². The number of aryl methyl sites for hydroxylation is 2. The zero-order valence-corrected chi connectivity index (χ0v) is 39.1. The molecule has 19 heteroatoms. The van der Waals surface area contributed by atoms with E-state index in [2.05, 4.69) is 45.6 Å². The number of fused-ring (bicyclic) bond motifs is 1. The average molecular weight is 948 g/mol. The Hall–Kier alpha value is -5.71. The summed E-state index contributed by atoms with van der Waals surface area (Å²) in [5, 5.41) is 9.08. The number of ether oxygens (including phenoxy) is 1. The van der Waals surface area contributed by atoms with Crippen LogP contribution in [0.4, 0.5) is 50.8 Å². The minimum Gasteiger partial charge on any atom is -0.494 e. The van der Waals surface area contributed by atoms with E-state index >= 15 is 8.78 Å². The molecular weight excluding hydrogens is 893 g/mol. The van der Waals surface area contributed by atoms with Gasteiger partial charge in [-0.15, -0.1) is 0 Å². The van der Waals surface area contributed by atoms with Crippen molar-refractivity contribution in [3.05, 3.63) is 94.3 Å². The number of carbonyl (C=O) groups excluding carboxylic acids is 2. The van der Waals surface area contributed by atoms with Gasteiger partial charge in [0.15, 0.2) is 0 Å². The molecule has 13 nitrogen and oxygen atoms in total. The van der Waals surface area contributed by atoms with Crippen LogP contribution in [0.15, 0.2) is 54.7 Å². The van der Waals surface area contributed by atoms with Crippen molar-refractivity contribution in [3.63, 3.8) is 0 Å². The van der Waals surface area contributed by atoms with Crippen molar-refractivity contribution in [1.29, 1.82) is 0 Å². The average Bonchev–Trinajstić information content (AvgIpc) is 3.28. The molecule has 8 rings (SSSR count). The van der Waals surface area contributed by atoms with E-state index in [-0.39, 0.29) is 30.0 Å². The van der Waals surface area contributed by atoms with E-state index in [1.807, 2.05) is 26.0 Å². The van der Waals surface area contributed by atoms with E-state index in [0.29, 0.717) is 58.6 Å². The number of hydrogen-bond donors (Lipinski definition) is 3. The molecule has 3 aliphatic heterocycles. The van der Waals surface area contributed by atoms with Crippen LogP contribution < -0.4 is 30.9 Å². The Bertz CT molecular complexity index is 2710. The van der Waals surface area contributed by atoms with E-state index in [1.165, 1.54) is 19.2 Å². The van der Waals surface area contributed by atoms with Crippen LogP contribution in [-0.2, 0) is 33.2 Å². The van der Waals surface area contributed by atoms with E-state index in [4.69, 9.17) is 4.74 Å². The first-order chi connectivity index (χ1) is 31.9. The zero-order chi connectivity index (χ0) is 47.8. The second-order valence-corrected chi connectivity index (χ2v) is 21.0. The van der Waals surface area contributed by atoms with Gasteiger partial charge in [-0.2, -0.15) is 18.2 Å². The number of imide groups is 1. The summed E-state index contributed by atoms with van der Waals surface area (Å²) in [6.45, 7) is 12.7. The van der Waals surface area contributed by atoms with Crippen LogP contribution in [0.25, 0.3) is 10.9 Å². The molecule has 3 fully saturated rings. The summed E-state index contributed by atoms with van der Waals surface area (Å²) in [6.07, 6.45) is -0.924. The number of halogens is 5. The molecule has 2 amide bonds. The lowest BCUT2D eigenvalue weighted by Crippen LogP contribution is -2.53. The molecule has 3 aromatic carbocycles. The molecule has 0 bridgehead atoms. The van der Waals surface area contributed by atoms with Crippen molar-refractivity contribution in [2.45, 2.75) is 70.5 Å². The summed E-state index contributed by atoms with van der Waals surface area (Å²) < 4.78 is 92.9. The summed E-state index contributed by atoms with van der Waals surface area (Å²) >= 11 is 0. The summed E-state index contributed by atoms with van der Waals surface area (Å²) in [6, 6.07) is 13.7. The number of piperidine rings is 2. The number of alkyl halides is 3. The highest BCUT2D eigenvalue weighted by atomic mass is 31.2. The molecule has 3 saturated heterocycles. The molecule has 356 valence electrons. The number of amides is 2. The van der Waals surface area contributed by atoms with Gasteiger partial charge in [-0.25, -0.2) is 13.8 Å². The van der Waals surface area contributed by atoms with Crippen molar-refractivity contribution in [2.75, 3.05) is 81.8 Å². The van der Waals surface area contributed by atoms with Gasteiger partial charge in [0, 0.05) is 98.2 Å². The molecule has 0 radical (unpaired) electrons. The Balaban J connectivity index is 0.901. The number of carbonyl (C=O) groups is 2. The molecule has 1 atom stereocenters. The molecule has 0 spiro atoms. The summed E-state index contributed by atoms with van der Waals surface area (Å²) in [5.41, 5.74) is 3.23. The molecule has 5 heterocycles. The number of aromatic nitrogens is 3. The molecule has 0 aliphatic carbocycles. The Kier molecular flexibility index (Phi) is 13.9. The number of pyridine rings is 1. The van der Waals surface area contributed by atoms with Crippen LogP contribution in [0.5, 0.6) is 5.75 Å². The van der Waals surface area contributed by atoms with Crippen molar-refractivity contribution in [2.24, 2.45) is 0 Å². The van der Waals surface area contributed by atoms with Gasteiger partial charge in [-0.05, 0) is 99.9 Å². The highest BCUT2D eigenvalue weighted by Crippen LogP contribution is 2.43. The minimum atomic E-state index is -4.79. The van der Waals surface area contributed by atoms with Gasteiger partial charge in [0.1, 0.15) is 35.9 Å². The first-order valence-corrected chi connectivity index (χ1v) is 25.2. The van der Waals surface area contributed by atoms with Crippen LogP contribution in [0.1, 0.15) is 66.5 Å². The first kappa shape index (κ1) is 47.8. The highest BCUT2D eigenvalue weighted by molar-refractivity contribution is 7.71. The smallest absolute Gasteiger partial charge is 0.421 e. The zero-order valence-electron chi connectivity index (χ0n) is 38.2. The number of hydrogen-bond acceptors (Lipinski definition) is 12. The third-order valence-corrected chi connectivity index (χ3v) is 14.6. The van der Waals surface area contributed by atoms with Gasteiger partial charge < -0.3 is 29.7 Å². The van der Waals surface area contributed by atoms with Crippen LogP contribution >= 0.6 is 7.14 Å². The highest BCUT2D eigenvalue weighted by Gasteiger charge is 2.37. The monoisotopic (exact) mass is 947 g/mol. The molecule has 1 unspecified atom stereocenters. The Morgan fingerprint density at radius 1 is 0.896 bits per heavy atom. The number of piperazine rings is 1. The van der Waals surface area contributed by atoms with Gasteiger partial charge in [-0.3, -0.25) is 24.8 Å². The van der Waals surface area contributed by atoms with E-state index in [0.717, 1.165) is 75.3 Å². The number of anilines is 5. The standard InChI is InChI=1S/C48H55F5N9O4P/c1-6-30-25-39(57-47-54-27-34(48(51,52)53)45(59-47)56-38-11-10-37-32(8-7-28(2)55-37)44(38)67(4,5)65)41(66-3)26-40(30)62-17-14-31(15-18-62)61-21-19-60(20-22-61)16-13-29-23-35(49)43(36(50)24-29)33-9-12-42(63)58-46(33)64/h7-8,10-11,23-27,31,33H,6,9,12-22H2,1-5H3,(H,58,63,64)(H2,54,56,57,59). The Labute approximate surface area is 386 Å². The summed E-state index contributed by atoms with van der Waals surface area (Å²) in [5.74, 6) is -3.78. The lowest BCUT2D eigenvalue weighted by Gasteiger charge is -2.43. The minimum absolute atomic E-state index is 0.0416. The van der Waals surface area contributed by atoms with Gasteiger partial charge >= 0.3 is 6.18 Å². The fourth-order valence-electron chi connectivity index (χ4n) is 9.62. The number of benzene rings is 3. The van der Waals surface area contributed by atoms with E-state index in [1.54, 1.807) is 37.6 Å². The van der Waals surface area contributed by atoms with Gasteiger partial charge in [0.2, 0.25) is 17.8 Å². The quantitative estimate of drug-likeness (QED) is 0.0594. The molecular formula is C48H55F5N9O4P. The van der Waals surface area contributed by atoms with Crippen LogP contribution in [0, 0.1) is 18.6 Å². The normalized spacial score (nSPS) is 18.1. The largest absolute Gasteiger partial charge is 0.494 e. The SMILES string of the molecule is CCc1cc(Nc2ncc(C(F)(F)F)c(Nc3ccc4nc(C)ccc4c3P(C)(C)=O)n2)c(OC)cc1N1CCC(N2CCN(CCc3cc(F)c(C4CCC(=O)NC4=O)c(F)c3)CC2)CC1. The summed E-state index contributed by atoms with van der Waals surface area (Å²) in [7, 11) is -1.51. The summed E-state index contributed by atoms with van der Waals surface area (Å²) in [4.78, 5) is 43.9. The second-order valence-electron chi connectivity index (χ2n) is 17.9. The van der Waals surface area contributed by atoms with Crippen LogP contribution in [-0.4, -0.2) is 109 Å². The number of rotatable bonds is 13. The van der Waals surface area contributed by atoms with Crippen LogP contribution in [0.2, 0.25) is 0 Å². The maximum atomic E-state index is 15.1. The maximum absolute atomic E-state index is 15.1. The predicted molar refractivity (Wildman–Crippen MR) is 250 cm³/mol. The van der Waals surface area contributed by atoms with Crippen LogP contribution in [0.3, 0.4) is 0 Å². The molecule has 67 heavy (non-hydrogen) atoms. The maximum Gasteiger partial charge on any atom is 0.421 e. The second kappa shape index (κ2) is 19.5. The fraction of sp³-hybridized carbons (Fsp3) is 0.438. The third-order valence-electron chi connectivity index (χ3n) is 13.1.